The molecular formula is C28H32Cl2N6O5. The number of hydrogen-bond acceptors (Lipinski definition) is 10. The largest absolute Gasteiger partial charge is 0.495 e. The lowest BCUT2D eigenvalue weighted by Crippen LogP contribution is -2.52. The van der Waals surface area contributed by atoms with Crippen molar-refractivity contribution in [1.29, 1.82) is 0 Å². The first-order valence-electron chi connectivity index (χ1n) is 13.3. The van der Waals surface area contributed by atoms with Crippen molar-refractivity contribution in [3.8, 4) is 22.9 Å². The van der Waals surface area contributed by atoms with E-state index in [1.807, 2.05) is 6.07 Å². The minimum Gasteiger partial charge on any atom is -0.495 e. The Morgan fingerprint density at radius 2 is 1.90 bits per heavy atom. The first kappa shape index (κ1) is 29.1. The van der Waals surface area contributed by atoms with Crippen LogP contribution in [0.15, 0.2) is 31.0 Å². The molecule has 3 N–H and O–H groups in total. The van der Waals surface area contributed by atoms with Gasteiger partial charge in [-0.25, -0.2) is 15.0 Å². The molecule has 2 aliphatic heterocycles. The number of benzene rings is 1. The van der Waals surface area contributed by atoms with E-state index < -0.39 is 0 Å². The molecule has 218 valence electrons. The average Bonchev–Trinajstić information content (AvgIpc) is 3.51. The molecule has 1 aromatic carbocycles. The van der Waals surface area contributed by atoms with Gasteiger partial charge in [0.15, 0.2) is 5.82 Å². The highest BCUT2D eigenvalue weighted by Gasteiger charge is 2.28. The van der Waals surface area contributed by atoms with E-state index >= 15 is 0 Å². The zero-order valence-corrected chi connectivity index (χ0v) is 24.3. The molecule has 3 atom stereocenters. The van der Waals surface area contributed by atoms with Gasteiger partial charge in [0.1, 0.15) is 23.1 Å². The molecule has 0 saturated carbocycles. The zero-order valence-electron chi connectivity index (χ0n) is 22.8. The van der Waals surface area contributed by atoms with Gasteiger partial charge in [-0.3, -0.25) is 4.79 Å². The summed E-state index contributed by atoms with van der Waals surface area (Å²) in [4.78, 5) is 26.2. The Morgan fingerprint density at radius 3 is 2.59 bits per heavy atom. The maximum absolute atomic E-state index is 12.0. The van der Waals surface area contributed by atoms with Gasteiger partial charge in [-0.15, -0.1) is 0 Å². The monoisotopic (exact) mass is 602 g/mol. The van der Waals surface area contributed by atoms with Gasteiger partial charge in [0.2, 0.25) is 5.91 Å². The molecule has 2 fully saturated rings. The summed E-state index contributed by atoms with van der Waals surface area (Å²) in [7, 11) is 3.02. The molecule has 41 heavy (non-hydrogen) atoms. The first-order valence-corrected chi connectivity index (χ1v) is 14.1. The molecule has 2 aromatic heterocycles. The lowest BCUT2D eigenvalue weighted by molar-refractivity contribution is -0.117. The second kappa shape index (κ2) is 13.1. The van der Waals surface area contributed by atoms with Gasteiger partial charge in [-0.2, -0.15) is 0 Å². The van der Waals surface area contributed by atoms with Crippen LogP contribution in [0.4, 0.5) is 11.6 Å². The minimum absolute atomic E-state index is 0.0700. The van der Waals surface area contributed by atoms with Gasteiger partial charge >= 0.3 is 0 Å². The van der Waals surface area contributed by atoms with Crippen molar-refractivity contribution < 1.29 is 23.7 Å². The molecule has 13 heteroatoms. The van der Waals surface area contributed by atoms with Crippen LogP contribution in [0.25, 0.3) is 22.3 Å². The Kier molecular flexibility index (Phi) is 9.29. The Balaban J connectivity index is 1.54. The fourth-order valence-corrected chi connectivity index (χ4v) is 5.61. The third kappa shape index (κ3) is 6.43. The van der Waals surface area contributed by atoms with Gasteiger partial charge in [-0.1, -0.05) is 29.8 Å². The van der Waals surface area contributed by atoms with Crippen molar-refractivity contribution in [3.05, 3.63) is 41.0 Å². The molecule has 11 nitrogen and oxygen atoms in total. The molecule has 2 aliphatic rings. The number of aromatic nitrogens is 3. The number of nitrogens with zero attached hydrogens (tertiary/aromatic N) is 3. The van der Waals surface area contributed by atoms with Crippen LogP contribution < -0.4 is 25.4 Å². The van der Waals surface area contributed by atoms with Crippen LogP contribution in [-0.4, -0.2) is 79.6 Å². The molecule has 0 spiro atoms. The van der Waals surface area contributed by atoms with E-state index in [4.69, 9.17) is 52.1 Å². The second-order valence-electron chi connectivity index (χ2n) is 9.72. The third-order valence-corrected chi connectivity index (χ3v) is 7.85. The van der Waals surface area contributed by atoms with Crippen molar-refractivity contribution in [2.45, 2.75) is 37.5 Å². The quantitative estimate of drug-likeness (QED) is 0.286. The molecule has 2 saturated heterocycles. The highest BCUT2D eigenvalue weighted by molar-refractivity contribution is 6.41. The standard InChI is InChI=1S/C28H32Cl2N6O5/c1-4-23(37)34-17-7-9-40-14-19(17)33-22-10-16-18(13-31-22)35-28(36-27(16)32-12-15-6-5-8-41-15)24-25(29)20(38-2)11-21(39-3)26(24)30/h4,10-11,13,15,17,19H,1,5-9,12,14H2,2-3H3,(H,31,33)(H,34,37)(H,32,35,36)/t15?,17-,19+/m0/s1. The van der Waals surface area contributed by atoms with Crippen molar-refractivity contribution in [2.75, 3.05) is 51.2 Å². The number of ether oxygens (including phenoxy) is 4. The number of carbonyl (C=O) groups excluding carboxylic acids is 1. The highest BCUT2D eigenvalue weighted by atomic mass is 35.5. The van der Waals surface area contributed by atoms with Gasteiger partial charge in [-0.05, 0) is 31.4 Å². The zero-order chi connectivity index (χ0) is 28.9. The maximum atomic E-state index is 12.0. The Bertz CT molecular complexity index is 1410. The number of anilines is 2. The molecule has 1 amide bonds. The lowest BCUT2D eigenvalue weighted by atomic mass is 10.0. The summed E-state index contributed by atoms with van der Waals surface area (Å²) in [5, 5.41) is 11.1. The molecule has 3 aromatic rings. The van der Waals surface area contributed by atoms with E-state index in [1.165, 1.54) is 20.3 Å². The number of hydrogen-bond donors (Lipinski definition) is 3. The van der Waals surface area contributed by atoms with Gasteiger partial charge in [0.25, 0.3) is 0 Å². The summed E-state index contributed by atoms with van der Waals surface area (Å²) in [6, 6.07) is 3.15. The fraction of sp³-hybridized carbons (Fsp3) is 0.429. The van der Waals surface area contributed by atoms with Crippen molar-refractivity contribution in [3.63, 3.8) is 0 Å². The number of rotatable bonds is 10. The van der Waals surface area contributed by atoms with Crippen LogP contribution in [0.2, 0.25) is 10.0 Å². The van der Waals surface area contributed by atoms with Crippen LogP contribution in [0.3, 0.4) is 0 Å². The Morgan fingerprint density at radius 1 is 1.12 bits per heavy atom. The lowest BCUT2D eigenvalue weighted by Gasteiger charge is -2.32. The van der Waals surface area contributed by atoms with Crippen molar-refractivity contribution >= 4 is 51.6 Å². The van der Waals surface area contributed by atoms with E-state index in [9.17, 15) is 4.79 Å². The predicted molar refractivity (Wildman–Crippen MR) is 158 cm³/mol. The number of nitrogens with one attached hydrogen (secondary N) is 3. The van der Waals surface area contributed by atoms with Crippen LogP contribution >= 0.6 is 23.2 Å². The van der Waals surface area contributed by atoms with Crippen LogP contribution in [-0.2, 0) is 14.3 Å². The number of halogens is 2. The molecule has 4 heterocycles. The second-order valence-corrected chi connectivity index (χ2v) is 10.5. The normalized spacial score (nSPS) is 20.4. The predicted octanol–water partition coefficient (Wildman–Crippen LogP) is 4.48. The summed E-state index contributed by atoms with van der Waals surface area (Å²) < 4.78 is 22.4. The van der Waals surface area contributed by atoms with E-state index in [1.54, 1.807) is 12.3 Å². The smallest absolute Gasteiger partial charge is 0.243 e. The molecule has 5 rings (SSSR count). The van der Waals surface area contributed by atoms with E-state index in [-0.39, 0.29) is 40.0 Å². The number of carbonyl (C=O) groups is 1. The number of pyridine rings is 1. The Labute approximate surface area is 247 Å². The fourth-order valence-electron chi connectivity index (χ4n) is 4.94. The number of fused-ring (bicyclic) bond motifs is 1. The molecule has 0 radical (unpaired) electrons. The summed E-state index contributed by atoms with van der Waals surface area (Å²) in [6.07, 6.45) is 5.62. The third-order valence-electron chi connectivity index (χ3n) is 7.10. The van der Waals surface area contributed by atoms with Gasteiger partial charge in [0.05, 0.1) is 66.3 Å². The molecular weight excluding hydrogens is 571 g/mol. The van der Waals surface area contributed by atoms with Gasteiger partial charge < -0.3 is 34.9 Å². The molecule has 0 aliphatic carbocycles. The summed E-state index contributed by atoms with van der Waals surface area (Å²) in [5.41, 5.74) is 0.953. The molecule has 1 unspecified atom stereocenters. The van der Waals surface area contributed by atoms with Crippen molar-refractivity contribution in [1.82, 2.24) is 20.3 Å². The van der Waals surface area contributed by atoms with E-state index in [2.05, 4.69) is 27.5 Å². The van der Waals surface area contributed by atoms with Crippen LogP contribution in [0, 0.1) is 0 Å². The van der Waals surface area contributed by atoms with E-state index in [0.29, 0.717) is 60.4 Å². The maximum Gasteiger partial charge on any atom is 0.243 e. The van der Waals surface area contributed by atoms with Crippen molar-refractivity contribution in [2.24, 2.45) is 0 Å². The SMILES string of the molecule is C=CC(=O)N[C@H]1CCOC[C@H]1Nc1cc2c(NCC3CCCO3)nc(-c3c(Cl)c(OC)cc(OC)c3Cl)nc2cn1. The topological polar surface area (TPSA) is 129 Å². The van der Waals surface area contributed by atoms with Crippen LogP contribution in [0.1, 0.15) is 19.3 Å². The summed E-state index contributed by atoms with van der Waals surface area (Å²) >= 11 is 13.4. The van der Waals surface area contributed by atoms with Crippen LogP contribution in [0.5, 0.6) is 11.5 Å². The Hall–Kier alpha value is -3.38. The first-order chi connectivity index (χ1) is 19.9. The average molecular weight is 604 g/mol. The molecule has 0 bridgehead atoms. The minimum atomic E-state index is -0.233. The number of amides is 1. The summed E-state index contributed by atoms with van der Waals surface area (Å²) in [6.45, 7) is 5.81. The highest BCUT2D eigenvalue weighted by Crippen LogP contribution is 2.45. The van der Waals surface area contributed by atoms with E-state index in [0.717, 1.165) is 24.8 Å². The number of methoxy groups -OCH3 is 2. The summed E-state index contributed by atoms with van der Waals surface area (Å²) in [5.74, 6) is 1.97. The van der Waals surface area contributed by atoms with Gasteiger partial charge in [0, 0.05) is 31.2 Å².